The molecule has 0 aliphatic carbocycles. The van der Waals surface area contributed by atoms with E-state index in [1.165, 1.54) is 0 Å². The average molecular weight is 147 g/mol. The van der Waals surface area contributed by atoms with E-state index in [4.69, 9.17) is 0 Å². The van der Waals surface area contributed by atoms with Gasteiger partial charge in [-0.25, -0.2) is 4.79 Å². The number of hydrogen-bond acceptors (Lipinski definition) is 3. The molecule has 9 heavy (non-hydrogen) atoms. The average Bonchev–Trinajstić information content (AvgIpc) is 1.63. The number of ether oxygens (including phenoxy) is 1. The zero-order valence-electron chi connectivity index (χ0n) is 5.43. The van der Waals surface area contributed by atoms with Crippen molar-refractivity contribution < 1.29 is 9.53 Å². The molecule has 0 aliphatic rings. The normalized spacial score (nSPS) is 8.22. The molecule has 0 aromatic carbocycles. The molecule has 0 aromatic rings. The highest BCUT2D eigenvalue weighted by molar-refractivity contribution is 7.80. The molecule has 0 aromatic heterocycles. The SMILES string of the molecule is CCOC(=O)NC(C)=S. The minimum Gasteiger partial charge on any atom is -0.450 e. The summed E-state index contributed by atoms with van der Waals surface area (Å²) in [6.45, 7) is 3.72. The van der Waals surface area contributed by atoms with E-state index < -0.39 is 6.09 Å². The third kappa shape index (κ3) is 5.23. The van der Waals surface area contributed by atoms with E-state index in [0.29, 0.717) is 11.6 Å². The van der Waals surface area contributed by atoms with Gasteiger partial charge in [0.25, 0.3) is 0 Å². The molecule has 4 heteroatoms. The fraction of sp³-hybridized carbons (Fsp3) is 0.600. The Morgan fingerprint density at radius 3 is 2.67 bits per heavy atom. The Bertz CT molecular complexity index is 124. The molecule has 0 bridgehead atoms. The van der Waals surface area contributed by atoms with Crippen LogP contribution in [0, 0.1) is 0 Å². The number of hydrogen-bond donors (Lipinski definition) is 1. The van der Waals surface area contributed by atoms with Gasteiger partial charge in [-0.2, -0.15) is 0 Å². The van der Waals surface area contributed by atoms with Gasteiger partial charge >= 0.3 is 6.09 Å². The van der Waals surface area contributed by atoms with Gasteiger partial charge in [-0.05, 0) is 13.8 Å². The summed E-state index contributed by atoms with van der Waals surface area (Å²) >= 11 is 4.57. The van der Waals surface area contributed by atoms with E-state index in [2.05, 4.69) is 22.3 Å². The third-order valence-corrected chi connectivity index (χ3v) is 0.656. The molecule has 1 N–H and O–H groups in total. The van der Waals surface area contributed by atoms with Gasteiger partial charge in [-0.1, -0.05) is 12.2 Å². The lowest BCUT2D eigenvalue weighted by atomic mass is 10.7. The summed E-state index contributed by atoms with van der Waals surface area (Å²) in [5.74, 6) is 0. The molecule has 1 amide bonds. The molecule has 0 unspecified atom stereocenters. The Labute approximate surface area is 59.4 Å². The topological polar surface area (TPSA) is 38.3 Å². The van der Waals surface area contributed by atoms with Crippen LogP contribution >= 0.6 is 12.2 Å². The molecule has 0 saturated heterocycles. The fourth-order valence-electron chi connectivity index (χ4n) is 0.311. The lowest BCUT2D eigenvalue weighted by molar-refractivity contribution is 0.158. The summed E-state index contributed by atoms with van der Waals surface area (Å²) in [7, 11) is 0. The van der Waals surface area contributed by atoms with Gasteiger partial charge in [0.2, 0.25) is 0 Å². The summed E-state index contributed by atoms with van der Waals surface area (Å²) < 4.78 is 4.52. The molecular weight excluding hydrogens is 138 g/mol. The van der Waals surface area contributed by atoms with Crippen LogP contribution in [0.1, 0.15) is 13.8 Å². The largest absolute Gasteiger partial charge is 0.450 e. The molecule has 0 heterocycles. The van der Waals surface area contributed by atoms with Crippen molar-refractivity contribution in [2.45, 2.75) is 13.8 Å². The second kappa shape index (κ2) is 4.26. The third-order valence-electron chi connectivity index (χ3n) is 0.554. The zero-order chi connectivity index (χ0) is 7.28. The standard InChI is InChI=1S/C5H9NO2S/c1-3-8-5(7)6-4(2)9/h3H2,1-2H3,(H,6,7,9). The number of carbonyl (C=O) groups is 1. The van der Waals surface area contributed by atoms with Crippen LogP contribution in [-0.2, 0) is 4.74 Å². The predicted molar refractivity (Wildman–Crippen MR) is 38.4 cm³/mol. The monoisotopic (exact) mass is 147 g/mol. The maximum Gasteiger partial charge on any atom is 0.411 e. The Morgan fingerprint density at radius 2 is 2.33 bits per heavy atom. The molecule has 0 radical (unpaired) electrons. The maximum atomic E-state index is 10.4. The lowest BCUT2D eigenvalue weighted by Gasteiger charge is -2.00. The first-order chi connectivity index (χ1) is 4.16. The Morgan fingerprint density at radius 1 is 1.78 bits per heavy atom. The van der Waals surface area contributed by atoms with Crippen molar-refractivity contribution in [1.82, 2.24) is 5.32 Å². The van der Waals surface area contributed by atoms with Crippen molar-refractivity contribution in [3.05, 3.63) is 0 Å². The molecule has 0 saturated carbocycles. The van der Waals surface area contributed by atoms with Gasteiger partial charge in [0.1, 0.15) is 0 Å². The molecule has 0 atom stereocenters. The molecule has 52 valence electrons. The van der Waals surface area contributed by atoms with Gasteiger partial charge < -0.3 is 4.74 Å². The molecule has 0 fully saturated rings. The highest BCUT2D eigenvalue weighted by atomic mass is 32.1. The molecule has 0 spiro atoms. The minimum absolute atomic E-state index is 0.369. The summed E-state index contributed by atoms with van der Waals surface area (Å²) in [5, 5.41) is 2.31. The molecule has 0 rings (SSSR count). The summed E-state index contributed by atoms with van der Waals surface area (Å²) in [6, 6.07) is 0. The Hall–Kier alpha value is -0.640. The van der Waals surface area contributed by atoms with Crippen LogP contribution in [0.4, 0.5) is 4.79 Å². The fourth-order valence-corrected chi connectivity index (χ4v) is 0.394. The minimum atomic E-state index is -0.481. The number of amides is 1. The first-order valence-corrected chi connectivity index (χ1v) is 3.02. The number of thiocarbonyl (C=S) groups is 1. The van der Waals surface area contributed by atoms with Gasteiger partial charge in [0.05, 0.1) is 11.6 Å². The van der Waals surface area contributed by atoms with Crippen molar-refractivity contribution in [3.63, 3.8) is 0 Å². The number of rotatable bonds is 1. The smallest absolute Gasteiger partial charge is 0.411 e. The van der Waals surface area contributed by atoms with Crippen LogP contribution in [-0.4, -0.2) is 17.7 Å². The number of nitrogens with one attached hydrogen (secondary N) is 1. The van der Waals surface area contributed by atoms with Crippen LogP contribution in [0.25, 0.3) is 0 Å². The van der Waals surface area contributed by atoms with Gasteiger partial charge in [-0.3, -0.25) is 5.32 Å². The quantitative estimate of drug-likeness (QED) is 0.564. The predicted octanol–water partition coefficient (Wildman–Crippen LogP) is 1.08. The van der Waals surface area contributed by atoms with Gasteiger partial charge in [0.15, 0.2) is 0 Å². The van der Waals surface area contributed by atoms with Gasteiger partial charge in [0, 0.05) is 0 Å². The first-order valence-electron chi connectivity index (χ1n) is 2.61. The van der Waals surface area contributed by atoms with Crippen molar-refractivity contribution in [2.24, 2.45) is 0 Å². The van der Waals surface area contributed by atoms with E-state index in [0.717, 1.165) is 0 Å². The second-order valence-corrected chi connectivity index (χ2v) is 2.01. The lowest BCUT2D eigenvalue weighted by Crippen LogP contribution is -2.27. The zero-order valence-corrected chi connectivity index (χ0v) is 6.25. The molecule has 0 aliphatic heterocycles. The summed E-state index contributed by atoms with van der Waals surface area (Å²) in [5.41, 5.74) is 0. The summed E-state index contributed by atoms with van der Waals surface area (Å²) in [6.07, 6.45) is -0.481. The van der Waals surface area contributed by atoms with Crippen molar-refractivity contribution >= 4 is 23.3 Å². The Balaban J connectivity index is 3.39. The van der Waals surface area contributed by atoms with E-state index in [1.807, 2.05) is 0 Å². The second-order valence-electron chi connectivity index (χ2n) is 1.40. The maximum absolute atomic E-state index is 10.4. The van der Waals surface area contributed by atoms with Crippen LogP contribution in [0.2, 0.25) is 0 Å². The van der Waals surface area contributed by atoms with Crippen molar-refractivity contribution in [2.75, 3.05) is 6.61 Å². The van der Waals surface area contributed by atoms with Crippen LogP contribution in [0.5, 0.6) is 0 Å². The molecule has 3 nitrogen and oxygen atoms in total. The first kappa shape index (κ1) is 8.36. The van der Waals surface area contributed by atoms with Crippen LogP contribution in [0.15, 0.2) is 0 Å². The highest BCUT2D eigenvalue weighted by Gasteiger charge is 1.97. The van der Waals surface area contributed by atoms with Crippen molar-refractivity contribution in [3.8, 4) is 0 Å². The van der Waals surface area contributed by atoms with Gasteiger partial charge in [-0.15, -0.1) is 0 Å². The number of carbonyl (C=O) groups excluding carboxylic acids is 1. The molecular formula is C5H9NO2S. The van der Waals surface area contributed by atoms with E-state index in [1.54, 1.807) is 13.8 Å². The van der Waals surface area contributed by atoms with Crippen LogP contribution < -0.4 is 5.32 Å². The van der Waals surface area contributed by atoms with E-state index >= 15 is 0 Å². The Kier molecular flexibility index (Phi) is 3.96. The summed E-state index contributed by atoms with van der Waals surface area (Å²) in [4.78, 5) is 10.9. The number of alkyl carbamates (subject to hydrolysis) is 1. The van der Waals surface area contributed by atoms with E-state index in [-0.39, 0.29) is 0 Å². The van der Waals surface area contributed by atoms with Crippen LogP contribution in [0.3, 0.4) is 0 Å². The van der Waals surface area contributed by atoms with E-state index in [9.17, 15) is 4.79 Å². The highest BCUT2D eigenvalue weighted by Crippen LogP contribution is 1.76. The van der Waals surface area contributed by atoms with Crippen molar-refractivity contribution in [1.29, 1.82) is 0 Å².